The number of benzene rings is 1. The molecule has 2 rings (SSSR count). The zero-order valence-corrected chi connectivity index (χ0v) is 27.2. The Bertz CT molecular complexity index is 1090. The van der Waals surface area contributed by atoms with E-state index in [1.807, 2.05) is 85.7 Å². The number of hydrogen-bond acceptors (Lipinski definition) is 5. The van der Waals surface area contributed by atoms with Crippen molar-refractivity contribution in [2.75, 3.05) is 0 Å². The molecule has 0 radical (unpaired) electrons. The fraction of sp³-hybridized carbons (Fsp3) is 0.667. The summed E-state index contributed by atoms with van der Waals surface area (Å²) in [5, 5.41) is 14.3. The molecule has 1 heterocycles. The first-order chi connectivity index (χ1) is 20.2. The van der Waals surface area contributed by atoms with E-state index in [4.69, 9.17) is 0 Å². The molecule has 5 amide bonds. The number of hydrogen-bond donors (Lipinski definition) is 5. The lowest BCUT2D eigenvalue weighted by molar-refractivity contribution is -0.135. The summed E-state index contributed by atoms with van der Waals surface area (Å²) in [5.74, 6) is -2.48. The quantitative estimate of drug-likeness (QED) is 0.281. The number of amides is 5. The van der Waals surface area contributed by atoms with Crippen molar-refractivity contribution < 1.29 is 24.0 Å². The molecule has 1 aliphatic heterocycles. The molecule has 0 spiro atoms. The maximum atomic E-state index is 13.8. The monoisotopic (exact) mass is 599 g/mol. The Balaban J connectivity index is 2.61. The molecule has 0 saturated carbocycles. The van der Waals surface area contributed by atoms with Crippen molar-refractivity contribution >= 4 is 29.5 Å². The summed E-state index contributed by atoms with van der Waals surface area (Å²) in [4.78, 5) is 68.4. The summed E-state index contributed by atoms with van der Waals surface area (Å²) >= 11 is 0. The lowest BCUT2D eigenvalue weighted by Gasteiger charge is -2.29. The van der Waals surface area contributed by atoms with Crippen LogP contribution in [-0.2, 0) is 30.4 Å². The van der Waals surface area contributed by atoms with E-state index in [-0.39, 0.29) is 30.1 Å². The smallest absolute Gasteiger partial charge is 0.243 e. The molecule has 5 N–H and O–H groups in total. The first-order valence-electron chi connectivity index (χ1n) is 15.8. The molecule has 43 heavy (non-hydrogen) atoms. The van der Waals surface area contributed by atoms with Gasteiger partial charge < -0.3 is 26.6 Å². The van der Waals surface area contributed by atoms with Crippen LogP contribution in [0, 0.1) is 23.7 Å². The molecule has 1 fully saturated rings. The molecule has 240 valence electrons. The van der Waals surface area contributed by atoms with Gasteiger partial charge in [0.05, 0.1) is 0 Å². The zero-order valence-electron chi connectivity index (χ0n) is 27.2. The topological polar surface area (TPSA) is 146 Å². The van der Waals surface area contributed by atoms with Gasteiger partial charge in [-0.3, -0.25) is 24.0 Å². The van der Waals surface area contributed by atoms with E-state index in [0.29, 0.717) is 25.7 Å². The lowest BCUT2D eigenvalue weighted by atomic mass is 9.95. The normalized spacial score (nSPS) is 25.3. The highest BCUT2D eigenvalue weighted by atomic mass is 16.2. The van der Waals surface area contributed by atoms with Crippen molar-refractivity contribution in [1.29, 1.82) is 0 Å². The minimum Gasteiger partial charge on any atom is -0.343 e. The largest absolute Gasteiger partial charge is 0.343 e. The summed E-state index contributed by atoms with van der Waals surface area (Å²) < 4.78 is 0. The van der Waals surface area contributed by atoms with Crippen LogP contribution in [0.3, 0.4) is 0 Å². The Morgan fingerprint density at radius 2 is 0.907 bits per heavy atom. The highest BCUT2D eigenvalue weighted by Crippen LogP contribution is 2.15. The standard InChI is InChI=1S/C33H53N5O5/c1-9-22(8)28-33(43)37-25(16-20(4)5)30(40)36-27(18-23-13-11-10-12-14-23)31(41)34-24(15-19(2)3)29(39)35-26(17-21(6)7)32(42)38-28/h10-14,19-22,24-28H,9,15-18H2,1-8H3,(H,34,41)(H,35,39)(H,36,40)(H,37,43)(H,38,42). The summed E-state index contributed by atoms with van der Waals surface area (Å²) in [7, 11) is 0. The highest BCUT2D eigenvalue weighted by molar-refractivity contribution is 5.98. The Morgan fingerprint density at radius 3 is 1.33 bits per heavy atom. The number of carbonyl (C=O) groups excluding carboxylic acids is 5. The third kappa shape index (κ3) is 11.6. The van der Waals surface area contributed by atoms with Gasteiger partial charge in [0, 0.05) is 6.42 Å². The van der Waals surface area contributed by atoms with Gasteiger partial charge in [0.1, 0.15) is 30.2 Å². The van der Waals surface area contributed by atoms with Gasteiger partial charge in [0.15, 0.2) is 0 Å². The van der Waals surface area contributed by atoms with Crippen molar-refractivity contribution in [3.63, 3.8) is 0 Å². The minimum atomic E-state index is -0.995. The van der Waals surface area contributed by atoms with Gasteiger partial charge in [-0.15, -0.1) is 0 Å². The third-order valence-corrected chi connectivity index (χ3v) is 7.73. The van der Waals surface area contributed by atoms with Crippen LogP contribution in [0.15, 0.2) is 30.3 Å². The van der Waals surface area contributed by atoms with Crippen molar-refractivity contribution in [3.05, 3.63) is 35.9 Å². The molecule has 0 aromatic heterocycles. The van der Waals surface area contributed by atoms with E-state index < -0.39 is 59.7 Å². The van der Waals surface area contributed by atoms with E-state index in [1.165, 1.54) is 0 Å². The molecule has 1 aromatic rings. The number of nitrogens with one attached hydrogen (secondary N) is 5. The van der Waals surface area contributed by atoms with Gasteiger partial charge >= 0.3 is 0 Å². The lowest BCUT2D eigenvalue weighted by Crippen LogP contribution is -2.59. The Kier molecular flexibility index (Phi) is 14.1. The summed E-state index contributed by atoms with van der Waals surface area (Å²) in [6.07, 6.45) is 1.83. The predicted molar refractivity (Wildman–Crippen MR) is 168 cm³/mol. The van der Waals surface area contributed by atoms with Crippen LogP contribution in [0.25, 0.3) is 0 Å². The van der Waals surface area contributed by atoms with Crippen molar-refractivity contribution in [3.8, 4) is 0 Å². The van der Waals surface area contributed by atoms with Crippen LogP contribution in [-0.4, -0.2) is 59.7 Å². The second kappa shape index (κ2) is 17.0. The van der Waals surface area contributed by atoms with Gasteiger partial charge in [0.25, 0.3) is 0 Å². The fourth-order valence-electron chi connectivity index (χ4n) is 5.20. The molecule has 0 bridgehead atoms. The molecule has 1 saturated heterocycles. The molecule has 10 heteroatoms. The van der Waals surface area contributed by atoms with Crippen molar-refractivity contribution in [2.24, 2.45) is 23.7 Å². The van der Waals surface area contributed by atoms with Gasteiger partial charge in [-0.25, -0.2) is 0 Å². The first kappa shape index (κ1) is 35.8. The second-order valence-electron chi connectivity index (χ2n) is 13.2. The molecule has 6 unspecified atom stereocenters. The molecular formula is C33H53N5O5. The maximum Gasteiger partial charge on any atom is 0.243 e. The molecule has 6 atom stereocenters. The van der Waals surface area contributed by atoms with Gasteiger partial charge in [-0.05, 0) is 48.5 Å². The first-order valence-corrected chi connectivity index (χ1v) is 15.8. The van der Waals surface area contributed by atoms with E-state index in [2.05, 4.69) is 26.6 Å². The van der Waals surface area contributed by atoms with Gasteiger partial charge in [-0.1, -0.05) is 92.1 Å². The molecule has 0 aliphatic carbocycles. The second-order valence-corrected chi connectivity index (χ2v) is 13.2. The Morgan fingerprint density at radius 1 is 0.535 bits per heavy atom. The average molecular weight is 600 g/mol. The van der Waals surface area contributed by atoms with E-state index in [1.54, 1.807) is 0 Å². The van der Waals surface area contributed by atoms with Crippen molar-refractivity contribution in [1.82, 2.24) is 26.6 Å². The van der Waals surface area contributed by atoms with Crippen LogP contribution in [0.2, 0.25) is 0 Å². The van der Waals surface area contributed by atoms with E-state index >= 15 is 0 Å². The molecule has 10 nitrogen and oxygen atoms in total. The fourth-order valence-corrected chi connectivity index (χ4v) is 5.20. The van der Waals surface area contributed by atoms with Gasteiger partial charge in [-0.2, -0.15) is 0 Å². The van der Waals surface area contributed by atoms with E-state index in [9.17, 15) is 24.0 Å². The Hall–Kier alpha value is -3.43. The predicted octanol–water partition coefficient (Wildman–Crippen LogP) is 2.85. The SMILES string of the molecule is CCC(C)C1NC(=O)C(CC(C)C)NC(=O)C(CC(C)C)NC(=O)C(Cc2ccccc2)NC(=O)C(CC(C)C)NC1=O. The minimum absolute atomic E-state index is 0.0591. The number of rotatable bonds is 10. The molecule has 1 aromatic carbocycles. The zero-order chi connectivity index (χ0) is 32.3. The van der Waals surface area contributed by atoms with Gasteiger partial charge in [0.2, 0.25) is 29.5 Å². The van der Waals surface area contributed by atoms with Crippen LogP contribution >= 0.6 is 0 Å². The van der Waals surface area contributed by atoms with Crippen molar-refractivity contribution in [2.45, 2.75) is 118 Å². The maximum absolute atomic E-state index is 13.8. The highest BCUT2D eigenvalue weighted by Gasteiger charge is 2.36. The number of carbonyl (C=O) groups is 5. The van der Waals surface area contributed by atoms with Crippen LogP contribution in [0.1, 0.15) is 86.6 Å². The van der Waals surface area contributed by atoms with Crippen LogP contribution < -0.4 is 26.6 Å². The Labute approximate surface area is 257 Å². The summed E-state index contributed by atoms with van der Waals surface area (Å²) in [5.41, 5.74) is 0.832. The summed E-state index contributed by atoms with van der Waals surface area (Å²) in [6, 6.07) is 4.64. The van der Waals surface area contributed by atoms with E-state index in [0.717, 1.165) is 5.56 Å². The summed E-state index contributed by atoms with van der Waals surface area (Å²) in [6.45, 7) is 15.5. The average Bonchev–Trinajstić information content (AvgIpc) is 2.93. The van der Waals surface area contributed by atoms with Crippen LogP contribution in [0.5, 0.6) is 0 Å². The molecular weight excluding hydrogens is 546 g/mol. The molecule has 1 aliphatic rings. The third-order valence-electron chi connectivity index (χ3n) is 7.73. The van der Waals surface area contributed by atoms with Crippen LogP contribution in [0.4, 0.5) is 0 Å².